The van der Waals surface area contributed by atoms with Crippen molar-refractivity contribution in [1.29, 1.82) is 0 Å². The molecule has 1 aliphatic rings. The second kappa shape index (κ2) is 3.56. The molecule has 4 heteroatoms. The van der Waals surface area contributed by atoms with E-state index in [0.717, 1.165) is 12.6 Å². The molecule has 1 N–H and O–H groups in total. The largest absolute Gasteiger partial charge is 0.307 e. The average molecular weight is 186 g/mol. The predicted molar refractivity (Wildman–Crippen MR) is 50.1 cm³/mol. The monoisotopic (exact) mass is 186 g/mol. The van der Waals surface area contributed by atoms with Gasteiger partial charge in [0.05, 0.1) is 11.2 Å². The molecule has 0 bridgehead atoms. The molecule has 0 spiro atoms. The molecule has 1 aliphatic heterocycles. The Kier molecular flexibility index (Phi) is 2.45. The fraction of sp³-hybridized carbons (Fsp3) is 0.571. The van der Waals surface area contributed by atoms with Crippen LogP contribution in [0.3, 0.4) is 0 Å². The van der Waals surface area contributed by atoms with Crippen LogP contribution in [-0.4, -0.2) is 22.5 Å². The Morgan fingerprint density at radius 2 is 2.55 bits per heavy atom. The highest BCUT2D eigenvalue weighted by Crippen LogP contribution is 2.17. The summed E-state index contributed by atoms with van der Waals surface area (Å²) >= 11 is 3.66. The fourth-order valence-electron chi connectivity index (χ4n) is 0.927. The van der Waals surface area contributed by atoms with Crippen LogP contribution in [0.15, 0.2) is 10.9 Å². The summed E-state index contributed by atoms with van der Waals surface area (Å²) < 4.78 is 0. The van der Waals surface area contributed by atoms with Crippen molar-refractivity contribution in [3.63, 3.8) is 0 Å². The van der Waals surface area contributed by atoms with E-state index in [1.54, 1.807) is 11.3 Å². The molecule has 2 nitrogen and oxygen atoms in total. The van der Waals surface area contributed by atoms with E-state index in [-0.39, 0.29) is 0 Å². The topological polar surface area (TPSA) is 24.9 Å². The molecule has 0 radical (unpaired) electrons. The average Bonchev–Trinajstić information content (AvgIpc) is 2.36. The first-order valence-corrected chi connectivity index (χ1v) is 5.73. The van der Waals surface area contributed by atoms with Gasteiger partial charge >= 0.3 is 0 Å². The highest BCUT2D eigenvalue weighted by molar-refractivity contribution is 8.00. The molecule has 2 rings (SSSR count). The third-order valence-corrected chi connectivity index (χ3v) is 3.60. The number of thioether (sulfide) groups is 1. The summed E-state index contributed by atoms with van der Waals surface area (Å²) in [6, 6.07) is 0.738. The lowest BCUT2D eigenvalue weighted by molar-refractivity contribution is 0.577. The van der Waals surface area contributed by atoms with Gasteiger partial charge in [-0.15, -0.1) is 11.3 Å². The van der Waals surface area contributed by atoms with Crippen LogP contribution in [0, 0.1) is 0 Å². The second-order valence-electron chi connectivity index (χ2n) is 2.60. The van der Waals surface area contributed by atoms with Crippen LogP contribution in [0.1, 0.15) is 5.69 Å². The van der Waals surface area contributed by atoms with Gasteiger partial charge in [-0.05, 0) is 0 Å². The molecule has 1 aromatic heterocycles. The SMILES string of the molecule is c1nc(CNC2CSC2)cs1. The zero-order valence-electron chi connectivity index (χ0n) is 6.12. The number of aromatic nitrogens is 1. The fourth-order valence-corrected chi connectivity index (χ4v) is 2.19. The van der Waals surface area contributed by atoms with Gasteiger partial charge in [-0.1, -0.05) is 0 Å². The summed E-state index contributed by atoms with van der Waals surface area (Å²) in [6.07, 6.45) is 0. The van der Waals surface area contributed by atoms with Crippen molar-refractivity contribution < 1.29 is 0 Å². The molecule has 2 heterocycles. The molecule has 0 aromatic carbocycles. The molecular weight excluding hydrogens is 176 g/mol. The molecule has 0 atom stereocenters. The Balaban J connectivity index is 1.74. The number of hydrogen-bond acceptors (Lipinski definition) is 4. The van der Waals surface area contributed by atoms with Crippen molar-refractivity contribution in [2.45, 2.75) is 12.6 Å². The Labute approximate surface area is 74.4 Å². The van der Waals surface area contributed by atoms with Crippen LogP contribution in [-0.2, 0) is 6.54 Å². The van der Waals surface area contributed by atoms with Crippen molar-refractivity contribution in [2.24, 2.45) is 0 Å². The third-order valence-electron chi connectivity index (χ3n) is 1.69. The zero-order chi connectivity index (χ0) is 7.52. The van der Waals surface area contributed by atoms with Gasteiger partial charge in [0.25, 0.3) is 0 Å². The van der Waals surface area contributed by atoms with Crippen molar-refractivity contribution in [2.75, 3.05) is 11.5 Å². The highest BCUT2D eigenvalue weighted by atomic mass is 32.2. The quantitative estimate of drug-likeness (QED) is 0.771. The van der Waals surface area contributed by atoms with E-state index in [1.807, 2.05) is 17.3 Å². The molecule has 0 amide bonds. The Morgan fingerprint density at radius 1 is 1.64 bits per heavy atom. The molecule has 1 saturated heterocycles. The van der Waals surface area contributed by atoms with Gasteiger partial charge in [-0.25, -0.2) is 4.98 Å². The summed E-state index contributed by atoms with van der Waals surface area (Å²) in [6.45, 7) is 0.939. The minimum Gasteiger partial charge on any atom is -0.307 e. The number of nitrogens with one attached hydrogen (secondary N) is 1. The number of nitrogens with zero attached hydrogens (tertiary/aromatic N) is 1. The molecular formula is C7H10N2S2. The standard InChI is InChI=1S/C7H10N2S2/c1(6-2-11-5-9-6)8-7-3-10-4-7/h2,5,7-8H,1,3-4H2. The number of rotatable bonds is 3. The van der Waals surface area contributed by atoms with Crippen molar-refractivity contribution in [1.82, 2.24) is 10.3 Å². The van der Waals surface area contributed by atoms with E-state index in [0.29, 0.717) is 0 Å². The van der Waals surface area contributed by atoms with E-state index >= 15 is 0 Å². The first kappa shape index (κ1) is 7.58. The van der Waals surface area contributed by atoms with Gasteiger partial charge < -0.3 is 5.32 Å². The Morgan fingerprint density at radius 3 is 3.09 bits per heavy atom. The molecule has 1 fully saturated rings. The number of thiazole rings is 1. The van der Waals surface area contributed by atoms with Gasteiger partial charge in [0.2, 0.25) is 0 Å². The van der Waals surface area contributed by atoms with Gasteiger partial charge in [0, 0.05) is 29.5 Å². The lowest BCUT2D eigenvalue weighted by atomic mass is 10.3. The highest BCUT2D eigenvalue weighted by Gasteiger charge is 2.16. The summed E-state index contributed by atoms with van der Waals surface area (Å²) in [5, 5.41) is 5.54. The summed E-state index contributed by atoms with van der Waals surface area (Å²) in [7, 11) is 0. The van der Waals surface area contributed by atoms with Gasteiger partial charge in [-0.2, -0.15) is 11.8 Å². The Hall–Kier alpha value is -0.0600. The minimum atomic E-state index is 0.738. The first-order valence-electron chi connectivity index (χ1n) is 3.63. The predicted octanol–water partition coefficient (Wildman–Crippen LogP) is 1.35. The molecule has 1 aromatic rings. The van der Waals surface area contributed by atoms with Crippen LogP contribution in [0.4, 0.5) is 0 Å². The second-order valence-corrected chi connectivity index (χ2v) is 4.39. The zero-order valence-corrected chi connectivity index (χ0v) is 7.75. The van der Waals surface area contributed by atoms with Crippen LogP contribution >= 0.6 is 23.1 Å². The van der Waals surface area contributed by atoms with E-state index < -0.39 is 0 Å². The molecule has 0 saturated carbocycles. The van der Waals surface area contributed by atoms with Crippen molar-refractivity contribution in [3.05, 3.63) is 16.6 Å². The minimum absolute atomic E-state index is 0.738. The maximum atomic E-state index is 4.20. The summed E-state index contributed by atoms with van der Waals surface area (Å²) in [5.41, 5.74) is 3.05. The van der Waals surface area contributed by atoms with Crippen LogP contribution in [0.5, 0.6) is 0 Å². The lowest BCUT2D eigenvalue weighted by Gasteiger charge is -2.25. The summed E-state index contributed by atoms with van der Waals surface area (Å²) in [4.78, 5) is 4.20. The van der Waals surface area contributed by atoms with E-state index in [2.05, 4.69) is 15.7 Å². The third kappa shape index (κ3) is 1.95. The normalized spacial score (nSPS) is 18.2. The molecule has 0 aliphatic carbocycles. The molecule has 60 valence electrons. The van der Waals surface area contributed by atoms with Gasteiger partial charge in [0.1, 0.15) is 0 Å². The van der Waals surface area contributed by atoms with Crippen LogP contribution in [0.25, 0.3) is 0 Å². The smallest absolute Gasteiger partial charge is 0.0795 e. The van der Waals surface area contributed by atoms with Crippen molar-refractivity contribution >= 4 is 23.1 Å². The van der Waals surface area contributed by atoms with Crippen LogP contribution < -0.4 is 5.32 Å². The maximum absolute atomic E-state index is 4.20. The van der Waals surface area contributed by atoms with Crippen LogP contribution in [0.2, 0.25) is 0 Å². The first-order chi connectivity index (χ1) is 5.45. The van der Waals surface area contributed by atoms with Crippen molar-refractivity contribution in [3.8, 4) is 0 Å². The van der Waals surface area contributed by atoms with E-state index in [9.17, 15) is 0 Å². The van der Waals surface area contributed by atoms with Gasteiger partial charge in [0.15, 0.2) is 0 Å². The lowest BCUT2D eigenvalue weighted by Crippen LogP contribution is -2.39. The molecule has 0 unspecified atom stereocenters. The van der Waals surface area contributed by atoms with E-state index in [1.165, 1.54) is 17.2 Å². The Bertz CT molecular complexity index is 206. The van der Waals surface area contributed by atoms with Gasteiger partial charge in [-0.3, -0.25) is 0 Å². The molecule has 11 heavy (non-hydrogen) atoms. The summed E-state index contributed by atoms with van der Waals surface area (Å²) in [5.74, 6) is 2.54. The number of hydrogen-bond donors (Lipinski definition) is 1. The van der Waals surface area contributed by atoms with E-state index in [4.69, 9.17) is 0 Å². The maximum Gasteiger partial charge on any atom is 0.0795 e.